The van der Waals surface area contributed by atoms with E-state index in [0.29, 0.717) is 0 Å². The highest BCUT2D eigenvalue weighted by Crippen LogP contribution is 2.30. The fourth-order valence-electron chi connectivity index (χ4n) is 1.77. The van der Waals surface area contributed by atoms with Crippen LogP contribution in [0.5, 0.6) is 11.5 Å². The molecule has 0 atom stereocenters. The largest absolute Gasteiger partial charge is 0.496 e. The molecule has 0 radical (unpaired) electrons. The molecule has 0 aromatic heterocycles. The van der Waals surface area contributed by atoms with Crippen LogP contribution >= 0.6 is 0 Å². The van der Waals surface area contributed by atoms with Crippen molar-refractivity contribution in [3.8, 4) is 11.5 Å². The van der Waals surface area contributed by atoms with Crippen molar-refractivity contribution >= 4 is 0 Å². The second kappa shape index (κ2) is 4.74. The SMILES string of the molecule is COc1cc(OC)c(CC(C)(C)N)cc1C. The van der Waals surface area contributed by atoms with Gasteiger partial charge in [-0.1, -0.05) is 0 Å². The van der Waals surface area contributed by atoms with Crippen LogP contribution in [0, 0.1) is 6.92 Å². The van der Waals surface area contributed by atoms with Gasteiger partial charge in [0.25, 0.3) is 0 Å². The van der Waals surface area contributed by atoms with Crippen LogP contribution in [0.2, 0.25) is 0 Å². The van der Waals surface area contributed by atoms with Crippen molar-refractivity contribution in [2.24, 2.45) is 5.73 Å². The summed E-state index contributed by atoms with van der Waals surface area (Å²) in [5, 5.41) is 0. The fraction of sp³-hybridized carbons (Fsp3) is 0.538. The Morgan fingerprint density at radius 1 is 1.12 bits per heavy atom. The Labute approximate surface area is 97.6 Å². The van der Waals surface area contributed by atoms with E-state index in [0.717, 1.165) is 29.0 Å². The Balaban J connectivity index is 3.13. The first kappa shape index (κ1) is 12.8. The minimum absolute atomic E-state index is 0.242. The molecular formula is C13H21NO2. The minimum Gasteiger partial charge on any atom is -0.496 e. The van der Waals surface area contributed by atoms with Crippen molar-refractivity contribution in [2.45, 2.75) is 32.7 Å². The van der Waals surface area contributed by atoms with E-state index in [1.54, 1.807) is 14.2 Å². The van der Waals surface area contributed by atoms with Crippen LogP contribution in [-0.2, 0) is 6.42 Å². The molecule has 0 aliphatic rings. The number of aryl methyl sites for hydroxylation is 1. The maximum atomic E-state index is 6.02. The van der Waals surface area contributed by atoms with E-state index >= 15 is 0 Å². The lowest BCUT2D eigenvalue weighted by molar-refractivity contribution is 0.385. The van der Waals surface area contributed by atoms with Crippen LogP contribution in [0.15, 0.2) is 12.1 Å². The Hall–Kier alpha value is -1.22. The number of hydrogen-bond acceptors (Lipinski definition) is 3. The normalized spacial score (nSPS) is 11.4. The molecule has 0 amide bonds. The van der Waals surface area contributed by atoms with Crippen LogP contribution in [-0.4, -0.2) is 19.8 Å². The fourth-order valence-corrected chi connectivity index (χ4v) is 1.77. The van der Waals surface area contributed by atoms with Crippen LogP contribution in [0.25, 0.3) is 0 Å². The van der Waals surface area contributed by atoms with Gasteiger partial charge < -0.3 is 15.2 Å². The molecule has 0 saturated heterocycles. The highest BCUT2D eigenvalue weighted by Gasteiger charge is 2.16. The quantitative estimate of drug-likeness (QED) is 0.851. The monoisotopic (exact) mass is 223 g/mol. The molecule has 1 rings (SSSR count). The van der Waals surface area contributed by atoms with E-state index in [1.165, 1.54) is 0 Å². The number of nitrogens with two attached hydrogens (primary N) is 1. The molecule has 16 heavy (non-hydrogen) atoms. The number of benzene rings is 1. The van der Waals surface area contributed by atoms with Gasteiger partial charge in [0.1, 0.15) is 11.5 Å². The Morgan fingerprint density at radius 2 is 1.69 bits per heavy atom. The molecule has 0 saturated carbocycles. The third-order valence-corrected chi connectivity index (χ3v) is 2.44. The van der Waals surface area contributed by atoms with Crippen molar-refractivity contribution < 1.29 is 9.47 Å². The van der Waals surface area contributed by atoms with E-state index in [1.807, 2.05) is 26.8 Å². The second-order valence-electron chi connectivity index (χ2n) is 4.80. The number of methoxy groups -OCH3 is 2. The van der Waals surface area contributed by atoms with Gasteiger partial charge in [-0.25, -0.2) is 0 Å². The van der Waals surface area contributed by atoms with Gasteiger partial charge >= 0.3 is 0 Å². The van der Waals surface area contributed by atoms with E-state index in [9.17, 15) is 0 Å². The Kier molecular flexibility index (Phi) is 3.81. The summed E-state index contributed by atoms with van der Waals surface area (Å²) in [6.45, 7) is 6.03. The number of hydrogen-bond donors (Lipinski definition) is 1. The van der Waals surface area contributed by atoms with Gasteiger partial charge in [0.2, 0.25) is 0 Å². The molecule has 0 aliphatic heterocycles. The molecule has 0 unspecified atom stereocenters. The summed E-state index contributed by atoms with van der Waals surface area (Å²) < 4.78 is 10.6. The molecular weight excluding hydrogens is 202 g/mol. The number of rotatable bonds is 4. The average Bonchev–Trinajstić information content (AvgIpc) is 2.16. The summed E-state index contributed by atoms with van der Waals surface area (Å²) in [5.41, 5.74) is 8.00. The third kappa shape index (κ3) is 3.14. The molecule has 1 aromatic carbocycles. The average molecular weight is 223 g/mol. The Bertz CT molecular complexity index is 367. The molecule has 0 heterocycles. The smallest absolute Gasteiger partial charge is 0.125 e. The second-order valence-corrected chi connectivity index (χ2v) is 4.80. The summed E-state index contributed by atoms with van der Waals surface area (Å²) in [6, 6.07) is 3.99. The summed E-state index contributed by atoms with van der Waals surface area (Å²) in [7, 11) is 3.32. The first-order valence-corrected chi connectivity index (χ1v) is 5.38. The summed E-state index contributed by atoms with van der Waals surface area (Å²) >= 11 is 0. The van der Waals surface area contributed by atoms with Crippen molar-refractivity contribution in [1.82, 2.24) is 0 Å². The van der Waals surface area contributed by atoms with Gasteiger partial charge in [-0.05, 0) is 44.4 Å². The van der Waals surface area contributed by atoms with E-state index in [2.05, 4.69) is 6.07 Å². The molecule has 90 valence electrons. The molecule has 0 aliphatic carbocycles. The molecule has 1 aromatic rings. The molecule has 3 heteroatoms. The lowest BCUT2D eigenvalue weighted by atomic mass is 9.94. The maximum absolute atomic E-state index is 6.02. The molecule has 3 nitrogen and oxygen atoms in total. The maximum Gasteiger partial charge on any atom is 0.125 e. The van der Waals surface area contributed by atoms with Crippen molar-refractivity contribution in [3.63, 3.8) is 0 Å². The van der Waals surface area contributed by atoms with Crippen LogP contribution in [0.4, 0.5) is 0 Å². The van der Waals surface area contributed by atoms with E-state index < -0.39 is 0 Å². The first-order chi connectivity index (χ1) is 7.37. The molecule has 0 fully saturated rings. The van der Waals surface area contributed by atoms with E-state index in [-0.39, 0.29) is 5.54 Å². The predicted molar refractivity (Wildman–Crippen MR) is 66.3 cm³/mol. The highest BCUT2D eigenvalue weighted by molar-refractivity contribution is 5.46. The first-order valence-electron chi connectivity index (χ1n) is 5.38. The van der Waals surface area contributed by atoms with Gasteiger partial charge in [0.05, 0.1) is 14.2 Å². The highest BCUT2D eigenvalue weighted by atomic mass is 16.5. The van der Waals surface area contributed by atoms with Gasteiger partial charge in [-0.2, -0.15) is 0 Å². The van der Waals surface area contributed by atoms with Crippen LogP contribution in [0.1, 0.15) is 25.0 Å². The molecule has 2 N–H and O–H groups in total. The standard InChI is InChI=1S/C13H21NO2/c1-9-6-10(8-13(2,3)14)12(16-5)7-11(9)15-4/h6-7H,8,14H2,1-5H3. The van der Waals surface area contributed by atoms with Gasteiger partial charge in [0.15, 0.2) is 0 Å². The molecule has 0 bridgehead atoms. The van der Waals surface area contributed by atoms with Gasteiger partial charge in [0, 0.05) is 11.6 Å². The van der Waals surface area contributed by atoms with Gasteiger partial charge in [-0.15, -0.1) is 0 Å². The van der Waals surface area contributed by atoms with E-state index in [4.69, 9.17) is 15.2 Å². The van der Waals surface area contributed by atoms with Crippen LogP contribution < -0.4 is 15.2 Å². The summed E-state index contributed by atoms with van der Waals surface area (Å²) in [5.74, 6) is 1.68. The van der Waals surface area contributed by atoms with Gasteiger partial charge in [-0.3, -0.25) is 0 Å². The van der Waals surface area contributed by atoms with Crippen LogP contribution in [0.3, 0.4) is 0 Å². The topological polar surface area (TPSA) is 44.5 Å². The third-order valence-electron chi connectivity index (χ3n) is 2.44. The van der Waals surface area contributed by atoms with Crippen molar-refractivity contribution in [2.75, 3.05) is 14.2 Å². The summed E-state index contributed by atoms with van der Waals surface area (Å²) in [6.07, 6.45) is 0.779. The molecule has 0 spiro atoms. The minimum atomic E-state index is -0.242. The zero-order valence-corrected chi connectivity index (χ0v) is 10.8. The van der Waals surface area contributed by atoms with Crippen molar-refractivity contribution in [1.29, 1.82) is 0 Å². The summed E-state index contributed by atoms with van der Waals surface area (Å²) in [4.78, 5) is 0. The zero-order valence-electron chi connectivity index (χ0n) is 10.8. The zero-order chi connectivity index (χ0) is 12.3. The number of ether oxygens (including phenoxy) is 2. The lowest BCUT2D eigenvalue weighted by Gasteiger charge is -2.21. The Morgan fingerprint density at radius 3 is 2.12 bits per heavy atom. The predicted octanol–water partition coefficient (Wildman–Crippen LogP) is 2.29. The van der Waals surface area contributed by atoms with Crippen molar-refractivity contribution in [3.05, 3.63) is 23.3 Å². The lowest BCUT2D eigenvalue weighted by Crippen LogP contribution is -2.34.